The fourth-order valence-electron chi connectivity index (χ4n) is 4.05. The molecule has 0 aliphatic carbocycles. The number of hydrogen-bond acceptors (Lipinski definition) is 7. The summed E-state index contributed by atoms with van der Waals surface area (Å²) >= 11 is 0. The van der Waals surface area contributed by atoms with Crippen LogP contribution in [-0.4, -0.2) is 29.6 Å². The molecule has 0 bridgehead atoms. The van der Waals surface area contributed by atoms with Crippen LogP contribution in [-0.2, 0) is 6.54 Å². The summed E-state index contributed by atoms with van der Waals surface area (Å²) in [5, 5.41) is 4.80. The number of allylic oxidation sites excluding steroid dienone is 4. The Morgan fingerprint density at radius 2 is 1.92 bits per heavy atom. The third-order valence-corrected chi connectivity index (χ3v) is 5.60. The van der Waals surface area contributed by atoms with E-state index in [4.69, 9.17) is 4.98 Å². The Morgan fingerprint density at radius 1 is 1.13 bits per heavy atom. The van der Waals surface area contributed by atoms with E-state index in [9.17, 15) is 9.18 Å². The van der Waals surface area contributed by atoms with Gasteiger partial charge in [0.1, 0.15) is 23.0 Å². The number of para-hydroxylation sites is 1. The Labute approximate surface area is 225 Å². The second kappa shape index (κ2) is 12.4. The summed E-state index contributed by atoms with van der Waals surface area (Å²) < 4.78 is 16.3. The van der Waals surface area contributed by atoms with Crippen LogP contribution in [0.15, 0.2) is 103 Å². The van der Waals surface area contributed by atoms with Crippen LogP contribution in [0, 0.1) is 5.82 Å². The van der Waals surface area contributed by atoms with Gasteiger partial charge in [-0.05, 0) is 43.3 Å². The zero-order chi connectivity index (χ0) is 27.8. The highest BCUT2D eigenvalue weighted by Crippen LogP contribution is 2.24. The topological polar surface area (TPSA) is 105 Å². The zero-order valence-electron chi connectivity index (χ0n) is 22.0. The molecule has 0 saturated heterocycles. The van der Waals surface area contributed by atoms with E-state index in [1.165, 1.54) is 29.5 Å². The molecule has 0 saturated carbocycles. The minimum atomic E-state index is -0.647. The number of halogens is 1. The molecule has 3 aromatic heterocycles. The summed E-state index contributed by atoms with van der Waals surface area (Å²) in [7, 11) is 0. The van der Waals surface area contributed by atoms with E-state index in [1.807, 2.05) is 63.3 Å². The first-order valence-electron chi connectivity index (χ1n) is 12.5. The molecule has 5 aromatic rings. The monoisotopic (exact) mass is 524 g/mol. The maximum absolute atomic E-state index is 15.0. The molecular weight excluding hydrogens is 495 g/mol. The Kier molecular flexibility index (Phi) is 8.57. The minimum absolute atomic E-state index is 0.0906. The molecule has 5 rings (SSSR count). The Balaban J connectivity index is 0.00000172. The van der Waals surface area contributed by atoms with Gasteiger partial charge in [0, 0.05) is 0 Å². The molecule has 3 heterocycles. The Morgan fingerprint density at radius 3 is 2.67 bits per heavy atom. The molecule has 0 aliphatic heterocycles. The summed E-state index contributed by atoms with van der Waals surface area (Å²) in [6.07, 6.45) is 9.99. The minimum Gasteiger partial charge on any atom is -0.361 e. The molecule has 2 N–H and O–H groups in total. The van der Waals surface area contributed by atoms with Gasteiger partial charge < -0.3 is 10.3 Å². The first-order chi connectivity index (χ1) is 19.1. The van der Waals surface area contributed by atoms with Crippen LogP contribution in [0.3, 0.4) is 0 Å². The van der Waals surface area contributed by atoms with E-state index in [2.05, 4.69) is 31.8 Å². The second-order valence-corrected chi connectivity index (χ2v) is 7.93. The summed E-state index contributed by atoms with van der Waals surface area (Å²) in [4.78, 5) is 34.3. The lowest BCUT2D eigenvalue weighted by atomic mass is 10.2. The van der Waals surface area contributed by atoms with Crippen molar-refractivity contribution in [3.05, 3.63) is 120 Å². The van der Waals surface area contributed by atoms with E-state index in [0.717, 1.165) is 0 Å². The van der Waals surface area contributed by atoms with Gasteiger partial charge in [0.25, 0.3) is 5.56 Å². The number of nitrogens with zero attached hydrogens (tertiary/aromatic N) is 6. The number of anilines is 2. The van der Waals surface area contributed by atoms with Gasteiger partial charge in [0.15, 0.2) is 17.3 Å². The van der Waals surface area contributed by atoms with Crippen LogP contribution in [0.5, 0.6) is 0 Å². The predicted octanol–water partition coefficient (Wildman–Crippen LogP) is 5.76. The van der Waals surface area contributed by atoms with Crippen molar-refractivity contribution < 1.29 is 4.39 Å². The molecule has 0 aliphatic rings. The molecule has 0 radical (unpaired) electrons. The SMILES string of the molecule is C=C/C=C(\C=C/C)N(c1ccccc1)n1c(CNc2ncnc3nc[nH]c23)nc2cccc(F)c2c1=O.CC. The summed E-state index contributed by atoms with van der Waals surface area (Å²) in [5.41, 5.74) is 2.11. The number of benzene rings is 2. The van der Waals surface area contributed by atoms with Crippen molar-refractivity contribution in [2.45, 2.75) is 27.3 Å². The number of H-pyrrole nitrogens is 1. The van der Waals surface area contributed by atoms with Gasteiger partial charge in [-0.2, -0.15) is 4.68 Å². The lowest BCUT2D eigenvalue weighted by Gasteiger charge is -2.30. The molecule has 39 heavy (non-hydrogen) atoms. The molecule has 0 atom stereocenters. The van der Waals surface area contributed by atoms with Gasteiger partial charge >= 0.3 is 0 Å². The Hall–Kier alpha value is -5.12. The van der Waals surface area contributed by atoms with E-state index in [0.29, 0.717) is 34.2 Å². The Bertz CT molecular complexity index is 1710. The van der Waals surface area contributed by atoms with E-state index in [-0.39, 0.29) is 17.4 Å². The molecule has 0 unspecified atom stereocenters. The maximum atomic E-state index is 15.0. The molecule has 0 fully saturated rings. The fourth-order valence-corrected chi connectivity index (χ4v) is 4.05. The highest BCUT2D eigenvalue weighted by atomic mass is 19.1. The quantitative estimate of drug-likeness (QED) is 0.249. The van der Waals surface area contributed by atoms with Gasteiger partial charge in [-0.3, -0.25) is 4.79 Å². The zero-order valence-corrected chi connectivity index (χ0v) is 22.0. The van der Waals surface area contributed by atoms with Gasteiger partial charge in [-0.25, -0.2) is 29.3 Å². The van der Waals surface area contributed by atoms with E-state index < -0.39 is 11.4 Å². The van der Waals surface area contributed by atoms with Crippen molar-refractivity contribution in [3.63, 3.8) is 0 Å². The average Bonchev–Trinajstić information content (AvgIpc) is 3.45. The van der Waals surface area contributed by atoms with Gasteiger partial charge in [0.2, 0.25) is 0 Å². The molecule has 198 valence electrons. The number of imidazole rings is 1. The third kappa shape index (κ3) is 5.45. The number of nitrogens with one attached hydrogen (secondary N) is 2. The molecular formula is C29H29FN8O. The standard InChI is InChI=1S/C27H23FN8O.C2H6/c1-3-9-18(10-4-2)35(19-11-6-5-7-12-19)36-22(34-21-14-8-13-20(28)23(21)27(36)37)15-29-25-24-26(31-16-30-24)33-17-32-25;1-2/h3-14,16-17H,1,15H2,2H3,(H2,29,30,31,32,33);1-2H3/b10-4-,18-9+;. The number of fused-ring (bicyclic) bond motifs is 2. The highest BCUT2D eigenvalue weighted by Gasteiger charge is 2.22. The molecule has 0 amide bonds. The third-order valence-electron chi connectivity index (χ3n) is 5.60. The normalized spacial score (nSPS) is 11.4. The molecule has 10 heteroatoms. The first kappa shape index (κ1) is 26.9. The first-order valence-corrected chi connectivity index (χ1v) is 12.5. The van der Waals surface area contributed by atoms with Crippen LogP contribution in [0.1, 0.15) is 26.6 Å². The lowest BCUT2D eigenvalue weighted by Crippen LogP contribution is -2.41. The second-order valence-electron chi connectivity index (χ2n) is 7.93. The van der Waals surface area contributed by atoms with Gasteiger partial charge in [-0.15, -0.1) is 0 Å². The van der Waals surface area contributed by atoms with Gasteiger partial charge in [0.05, 0.1) is 29.8 Å². The number of aromatic nitrogens is 6. The van der Waals surface area contributed by atoms with Crippen LogP contribution in [0.2, 0.25) is 0 Å². The average molecular weight is 525 g/mol. The maximum Gasteiger partial charge on any atom is 0.283 e. The molecule has 2 aromatic carbocycles. The van der Waals surface area contributed by atoms with Crippen molar-refractivity contribution in [1.82, 2.24) is 29.6 Å². The smallest absolute Gasteiger partial charge is 0.283 e. The van der Waals surface area contributed by atoms with Crippen molar-refractivity contribution in [2.24, 2.45) is 0 Å². The predicted molar refractivity (Wildman–Crippen MR) is 154 cm³/mol. The number of hydrogen-bond donors (Lipinski definition) is 2. The van der Waals surface area contributed by atoms with E-state index >= 15 is 0 Å². The van der Waals surface area contributed by atoms with Crippen LogP contribution in [0.25, 0.3) is 22.1 Å². The number of rotatable bonds is 8. The van der Waals surface area contributed by atoms with Crippen molar-refractivity contribution in [3.8, 4) is 0 Å². The van der Waals surface area contributed by atoms with Crippen molar-refractivity contribution >= 4 is 33.6 Å². The van der Waals surface area contributed by atoms with Crippen LogP contribution in [0.4, 0.5) is 15.9 Å². The van der Waals surface area contributed by atoms with Crippen LogP contribution < -0.4 is 15.9 Å². The lowest BCUT2D eigenvalue weighted by molar-refractivity contribution is 0.629. The summed E-state index contributed by atoms with van der Waals surface area (Å²) in [6, 6.07) is 13.7. The van der Waals surface area contributed by atoms with E-state index in [1.54, 1.807) is 23.2 Å². The largest absolute Gasteiger partial charge is 0.361 e. The number of aromatic amines is 1. The van der Waals surface area contributed by atoms with Crippen molar-refractivity contribution in [2.75, 3.05) is 10.3 Å². The highest BCUT2D eigenvalue weighted by molar-refractivity contribution is 5.82. The molecule has 9 nitrogen and oxygen atoms in total. The van der Waals surface area contributed by atoms with Gasteiger partial charge in [-0.1, -0.05) is 56.8 Å². The van der Waals surface area contributed by atoms with Crippen molar-refractivity contribution in [1.29, 1.82) is 0 Å². The summed E-state index contributed by atoms with van der Waals surface area (Å²) in [6.45, 7) is 9.79. The fraction of sp³-hybridized carbons (Fsp3) is 0.138. The van der Waals surface area contributed by atoms with Crippen LogP contribution >= 0.6 is 0 Å². The molecule has 0 spiro atoms. The summed E-state index contributed by atoms with van der Waals surface area (Å²) in [5.74, 6) is 0.174.